The number of alkyl halides is 2. The molecule has 2 saturated heterocycles. The van der Waals surface area contributed by atoms with Crippen molar-refractivity contribution in [2.75, 3.05) is 52.4 Å². The second-order valence-electron chi connectivity index (χ2n) is 11.6. The van der Waals surface area contributed by atoms with Gasteiger partial charge in [-0.3, -0.25) is 9.69 Å². The summed E-state index contributed by atoms with van der Waals surface area (Å²) in [6, 6.07) is 20.1. The van der Waals surface area contributed by atoms with Crippen LogP contribution in [0.15, 0.2) is 66.7 Å². The fraction of sp³-hybridized carbons (Fsp3) is 0.441. The molecule has 1 amide bonds. The van der Waals surface area contributed by atoms with Crippen molar-refractivity contribution >= 4 is 17.5 Å². The lowest BCUT2D eigenvalue weighted by Gasteiger charge is -2.39. The van der Waals surface area contributed by atoms with Gasteiger partial charge in [-0.15, -0.1) is 0 Å². The van der Waals surface area contributed by atoms with Gasteiger partial charge in [0.25, 0.3) is 6.43 Å². The van der Waals surface area contributed by atoms with Crippen LogP contribution in [0.2, 0.25) is 5.02 Å². The van der Waals surface area contributed by atoms with E-state index in [1.54, 1.807) is 4.90 Å². The predicted octanol–water partition coefficient (Wildman–Crippen LogP) is 5.72. The Balaban J connectivity index is 1.08. The second-order valence-corrected chi connectivity index (χ2v) is 12.1. The van der Waals surface area contributed by atoms with E-state index in [9.17, 15) is 18.0 Å². The van der Waals surface area contributed by atoms with E-state index in [0.717, 1.165) is 43.9 Å². The summed E-state index contributed by atoms with van der Waals surface area (Å²) in [7, 11) is 0. The second kappa shape index (κ2) is 15.3. The number of rotatable bonds is 11. The molecule has 0 saturated carbocycles. The van der Waals surface area contributed by atoms with Crippen LogP contribution in [0.3, 0.4) is 0 Å². The molecule has 2 aliphatic rings. The van der Waals surface area contributed by atoms with Gasteiger partial charge in [0.15, 0.2) is 0 Å². The zero-order valence-corrected chi connectivity index (χ0v) is 25.6. The first-order valence-electron chi connectivity index (χ1n) is 15.3. The van der Waals surface area contributed by atoms with Crippen LogP contribution in [-0.4, -0.2) is 85.5 Å². The van der Waals surface area contributed by atoms with Crippen molar-refractivity contribution < 1.29 is 22.7 Å². The highest BCUT2D eigenvalue weighted by atomic mass is 35.5. The lowest BCUT2D eigenvalue weighted by molar-refractivity contribution is -0.136. The highest BCUT2D eigenvalue weighted by Gasteiger charge is 2.33. The van der Waals surface area contributed by atoms with Crippen molar-refractivity contribution in [3.63, 3.8) is 0 Å². The Hall–Kier alpha value is -3.11. The summed E-state index contributed by atoms with van der Waals surface area (Å²) < 4.78 is 45.0. The van der Waals surface area contributed by atoms with Crippen molar-refractivity contribution in [1.82, 2.24) is 14.7 Å². The summed E-state index contributed by atoms with van der Waals surface area (Å²) in [5, 5.41) is 0.736. The third-order valence-corrected chi connectivity index (χ3v) is 9.02. The van der Waals surface area contributed by atoms with Crippen LogP contribution in [0.4, 0.5) is 13.2 Å². The number of ether oxygens (including phenoxy) is 1. The third kappa shape index (κ3) is 8.33. The fourth-order valence-corrected chi connectivity index (χ4v) is 6.42. The number of piperazine rings is 1. The Morgan fingerprint density at radius 2 is 1.66 bits per heavy atom. The summed E-state index contributed by atoms with van der Waals surface area (Å²) in [5.74, 6) is -0.286. The van der Waals surface area contributed by atoms with Gasteiger partial charge in [0.2, 0.25) is 5.91 Å². The molecule has 0 bridgehead atoms. The van der Waals surface area contributed by atoms with E-state index >= 15 is 0 Å². The Morgan fingerprint density at radius 1 is 0.932 bits per heavy atom. The van der Waals surface area contributed by atoms with E-state index in [1.807, 2.05) is 29.2 Å². The molecular weight excluding hydrogens is 589 g/mol. The highest BCUT2D eigenvalue weighted by molar-refractivity contribution is 6.30. The molecule has 236 valence electrons. The van der Waals surface area contributed by atoms with Gasteiger partial charge in [0.1, 0.15) is 18.2 Å². The Morgan fingerprint density at radius 3 is 2.36 bits per heavy atom. The van der Waals surface area contributed by atoms with Crippen molar-refractivity contribution in [3.05, 3.63) is 88.7 Å². The average molecular weight is 629 g/mol. The summed E-state index contributed by atoms with van der Waals surface area (Å²) in [4.78, 5) is 19.6. The molecule has 0 radical (unpaired) electrons. The first-order valence-corrected chi connectivity index (χ1v) is 15.7. The molecule has 1 atom stereocenters. The quantitative estimate of drug-likeness (QED) is 0.295. The van der Waals surface area contributed by atoms with Gasteiger partial charge < -0.3 is 20.3 Å². The monoisotopic (exact) mass is 628 g/mol. The number of nitrogens with two attached hydrogens (primary N) is 1. The molecule has 0 aliphatic carbocycles. The van der Waals surface area contributed by atoms with Crippen LogP contribution in [-0.2, 0) is 17.8 Å². The molecule has 3 aromatic rings. The molecule has 0 aromatic heterocycles. The highest BCUT2D eigenvalue weighted by Crippen LogP contribution is 2.29. The van der Waals surface area contributed by atoms with Crippen molar-refractivity contribution in [1.29, 1.82) is 0 Å². The minimum atomic E-state index is -2.64. The number of piperidine rings is 1. The fourth-order valence-electron chi connectivity index (χ4n) is 6.23. The van der Waals surface area contributed by atoms with Crippen LogP contribution in [0.5, 0.6) is 5.75 Å². The Kier molecular flexibility index (Phi) is 11.2. The van der Waals surface area contributed by atoms with Crippen molar-refractivity contribution in [2.24, 2.45) is 11.7 Å². The SMILES string of the molecule is N[C@@H](C(=O)N1CCN(Cc2c(F)cccc2OCC(F)F)CC1)C1CCN(CCc2cc(Cl)ccc2-c2ccccc2)CC1. The molecule has 5 rings (SSSR count). The number of amides is 1. The largest absolute Gasteiger partial charge is 0.487 e. The summed E-state index contributed by atoms with van der Waals surface area (Å²) in [6.45, 7) is 4.16. The van der Waals surface area contributed by atoms with Gasteiger partial charge in [-0.2, -0.15) is 0 Å². The van der Waals surface area contributed by atoms with Crippen LogP contribution in [0, 0.1) is 11.7 Å². The smallest absolute Gasteiger partial charge is 0.272 e. The molecule has 2 aliphatic heterocycles. The summed E-state index contributed by atoms with van der Waals surface area (Å²) in [6.07, 6.45) is -0.0259. The van der Waals surface area contributed by atoms with Crippen LogP contribution in [0.1, 0.15) is 24.0 Å². The van der Waals surface area contributed by atoms with E-state index in [1.165, 1.54) is 34.9 Å². The number of hydrogen-bond acceptors (Lipinski definition) is 5. The maximum atomic E-state index is 14.5. The molecular formula is C34H40ClF3N4O2. The maximum Gasteiger partial charge on any atom is 0.272 e. The van der Waals surface area contributed by atoms with Gasteiger partial charge in [0.05, 0.1) is 6.04 Å². The molecule has 10 heteroatoms. The third-order valence-electron chi connectivity index (χ3n) is 8.78. The molecule has 2 fully saturated rings. The molecule has 0 spiro atoms. The normalized spacial score (nSPS) is 17.6. The van der Waals surface area contributed by atoms with E-state index in [-0.39, 0.29) is 29.7 Å². The number of benzene rings is 3. The van der Waals surface area contributed by atoms with Crippen LogP contribution >= 0.6 is 11.6 Å². The number of carbonyl (C=O) groups excluding carboxylic acids is 1. The minimum Gasteiger partial charge on any atom is -0.487 e. The summed E-state index contributed by atoms with van der Waals surface area (Å²) >= 11 is 6.34. The van der Waals surface area contributed by atoms with Crippen molar-refractivity contribution in [3.8, 4) is 16.9 Å². The Bertz CT molecular complexity index is 1380. The first-order chi connectivity index (χ1) is 21.3. The number of likely N-dealkylation sites (tertiary alicyclic amines) is 1. The van der Waals surface area contributed by atoms with E-state index in [0.29, 0.717) is 26.2 Å². The molecule has 44 heavy (non-hydrogen) atoms. The number of hydrogen-bond donors (Lipinski definition) is 1. The lowest BCUT2D eigenvalue weighted by Crippen LogP contribution is -2.55. The minimum absolute atomic E-state index is 0.0404. The molecule has 2 N–H and O–H groups in total. The molecule has 6 nitrogen and oxygen atoms in total. The number of nitrogens with zero attached hydrogens (tertiary/aromatic N) is 3. The zero-order chi connectivity index (χ0) is 31.1. The van der Waals surface area contributed by atoms with Crippen LogP contribution in [0.25, 0.3) is 11.1 Å². The van der Waals surface area contributed by atoms with Gasteiger partial charge >= 0.3 is 0 Å². The zero-order valence-electron chi connectivity index (χ0n) is 24.8. The van der Waals surface area contributed by atoms with Crippen molar-refractivity contribution in [2.45, 2.75) is 38.3 Å². The van der Waals surface area contributed by atoms with Gasteiger partial charge in [0, 0.05) is 49.9 Å². The first kappa shape index (κ1) is 32.3. The molecule has 3 aromatic carbocycles. The average Bonchev–Trinajstić information content (AvgIpc) is 3.04. The van der Waals surface area contributed by atoms with E-state index in [2.05, 4.69) is 29.2 Å². The predicted molar refractivity (Wildman–Crippen MR) is 167 cm³/mol. The molecule has 2 heterocycles. The Labute approximate surface area is 262 Å². The number of carbonyl (C=O) groups is 1. The van der Waals surface area contributed by atoms with Gasteiger partial charge in [-0.25, -0.2) is 13.2 Å². The van der Waals surface area contributed by atoms with E-state index < -0.39 is 24.9 Å². The topological polar surface area (TPSA) is 62.0 Å². The standard InChI is InChI=1S/C34H40ClF3N4O2/c35-27-9-10-28(24-5-2-1-3-6-24)26(21-27)13-16-40-14-11-25(12-15-40)33(39)34(43)42-19-17-41(18-20-42)22-29-30(36)7-4-8-31(29)44-23-32(37)38/h1-10,21,25,32-33H,11-20,22-23,39H2/t33-/m1/s1. The lowest BCUT2D eigenvalue weighted by atomic mass is 9.88. The van der Waals surface area contributed by atoms with Gasteiger partial charge in [-0.05, 0) is 79.2 Å². The van der Waals surface area contributed by atoms with Gasteiger partial charge in [-0.1, -0.05) is 54.1 Å². The number of halogens is 4. The maximum absolute atomic E-state index is 14.5. The van der Waals surface area contributed by atoms with Crippen LogP contribution < -0.4 is 10.5 Å². The summed E-state index contributed by atoms with van der Waals surface area (Å²) in [5.41, 5.74) is 10.4. The molecule has 0 unspecified atom stereocenters. The van der Waals surface area contributed by atoms with E-state index in [4.69, 9.17) is 22.1 Å².